The van der Waals surface area contributed by atoms with E-state index in [1.54, 1.807) is 18.2 Å². The van der Waals surface area contributed by atoms with Crippen LogP contribution in [0.2, 0.25) is 0 Å². The molecule has 1 aliphatic heterocycles. The third-order valence-electron chi connectivity index (χ3n) is 4.53. The number of fused-ring (bicyclic) bond motifs is 4. The Morgan fingerprint density at radius 1 is 1.18 bits per heavy atom. The molecular weight excluding hydrogens is 362 g/mol. The number of carbonyl (C=O) groups is 1. The molecule has 0 spiro atoms. The Balaban J connectivity index is 1.45. The summed E-state index contributed by atoms with van der Waals surface area (Å²) in [4.78, 5) is 29.3. The SMILES string of the molecule is Cc1ccc2ncn3c(=O)n(CC(=O)Nc4ccc5c(c4)OCO5)nc3c2c1. The van der Waals surface area contributed by atoms with Gasteiger partial charge in [0.1, 0.15) is 12.9 Å². The molecule has 3 heterocycles. The number of carbonyl (C=O) groups excluding carboxylic acids is 1. The summed E-state index contributed by atoms with van der Waals surface area (Å²) >= 11 is 0. The fourth-order valence-electron chi connectivity index (χ4n) is 3.18. The van der Waals surface area contributed by atoms with E-state index in [4.69, 9.17) is 9.47 Å². The molecule has 1 N–H and O–H groups in total. The first-order valence-corrected chi connectivity index (χ1v) is 8.62. The van der Waals surface area contributed by atoms with Gasteiger partial charge in [0.25, 0.3) is 0 Å². The molecule has 0 atom stereocenters. The van der Waals surface area contributed by atoms with Crippen LogP contribution in [0.15, 0.2) is 47.5 Å². The molecule has 0 unspecified atom stereocenters. The van der Waals surface area contributed by atoms with Crippen molar-refractivity contribution in [2.45, 2.75) is 13.5 Å². The van der Waals surface area contributed by atoms with Crippen molar-refractivity contribution in [3.8, 4) is 11.5 Å². The number of hydrogen-bond donors (Lipinski definition) is 1. The van der Waals surface area contributed by atoms with E-state index >= 15 is 0 Å². The van der Waals surface area contributed by atoms with Crippen molar-refractivity contribution in [3.05, 3.63) is 58.8 Å². The minimum absolute atomic E-state index is 0.158. The van der Waals surface area contributed by atoms with Crippen LogP contribution in [-0.2, 0) is 11.3 Å². The van der Waals surface area contributed by atoms with Gasteiger partial charge < -0.3 is 14.8 Å². The van der Waals surface area contributed by atoms with Gasteiger partial charge >= 0.3 is 5.69 Å². The highest BCUT2D eigenvalue weighted by molar-refractivity contribution is 5.92. The zero-order valence-corrected chi connectivity index (χ0v) is 14.9. The van der Waals surface area contributed by atoms with E-state index < -0.39 is 5.69 Å². The molecule has 140 valence electrons. The summed E-state index contributed by atoms with van der Waals surface area (Å²) in [5.41, 5.74) is 2.36. The zero-order valence-electron chi connectivity index (χ0n) is 14.9. The van der Waals surface area contributed by atoms with Crippen LogP contribution in [0.4, 0.5) is 5.69 Å². The van der Waals surface area contributed by atoms with E-state index in [9.17, 15) is 9.59 Å². The molecule has 0 saturated heterocycles. The molecule has 5 rings (SSSR count). The molecule has 0 bridgehead atoms. The Morgan fingerprint density at radius 2 is 2.04 bits per heavy atom. The second kappa shape index (κ2) is 6.08. The lowest BCUT2D eigenvalue weighted by molar-refractivity contribution is -0.117. The first-order chi connectivity index (χ1) is 13.6. The highest BCUT2D eigenvalue weighted by Crippen LogP contribution is 2.34. The van der Waals surface area contributed by atoms with E-state index in [-0.39, 0.29) is 19.2 Å². The molecule has 2 aromatic carbocycles. The van der Waals surface area contributed by atoms with Crippen molar-refractivity contribution >= 4 is 28.1 Å². The summed E-state index contributed by atoms with van der Waals surface area (Å²) in [5, 5.41) is 7.84. The lowest BCUT2D eigenvalue weighted by atomic mass is 10.2. The molecule has 0 aliphatic carbocycles. The number of benzene rings is 2. The summed E-state index contributed by atoms with van der Waals surface area (Å²) < 4.78 is 13.0. The smallest absolute Gasteiger partial charge is 0.352 e. The average Bonchev–Trinajstić information content (AvgIpc) is 3.26. The number of rotatable bonds is 3. The largest absolute Gasteiger partial charge is 0.454 e. The molecule has 1 amide bonds. The second-order valence-corrected chi connectivity index (χ2v) is 6.52. The van der Waals surface area contributed by atoms with Gasteiger partial charge in [0.15, 0.2) is 17.1 Å². The van der Waals surface area contributed by atoms with Crippen LogP contribution in [0, 0.1) is 6.92 Å². The lowest BCUT2D eigenvalue weighted by Gasteiger charge is -2.05. The number of hydrogen-bond acceptors (Lipinski definition) is 6. The standard InChI is InChI=1S/C19H15N5O4/c1-11-2-4-14-13(6-11)18-22-24(19(26)23(18)9-20-14)8-17(25)21-12-3-5-15-16(7-12)28-10-27-15/h2-7,9H,8,10H2,1H3,(H,21,25). The molecule has 28 heavy (non-hydrogen) atoms. The number of ether oxygens (including phenoxy) is 2. The van der Waals surface area contributed by atoms with Gasteiger partial charge in [0.2, 0.25) is 12.7 Å². The van der Waals surface area contributed by atoms with Gasteiger partial charge in [-0.1, -0.05) is 11.6 Å². The van der Waals surface area contributed by atoms with Gasteiger partial charge in [-0.3, -0.25) is 4.79 Å². The van der Waals surface area contributed by atoms with Gasteiger partial charge in [-0.25, -0.2) is 18.9 Å². The van der Waals surface area contributed by atoms with Crippen LogP contribution in [0.5, 0.6) is 11.5 Å². The molecule has 9 nitrogen and oxygen atoms in total. The second-order valence-electron chi connectivity index (χ2n) is 6.52. The number of amides is 1. The summed E-state index contributed by atoms with van der Waals surface area (Å²) in [5.74, 6) is 0.817. The zero-order chi connectivity index (χ0) is 19.3. The minimum atomic E-state index is -0.424. The molecule has 0 saturated carbocycles. The van der Waals surface area contributed by atoms with Crippen LogP contribution in [-0.4, -0.2) is 31.9 Å². The first-order valence-electron chi connectivity index (χ1n) is 8.62. The van der Waals surface area contributed by atoms with Crippen molar-refractivity contribution in [1.29, 1.82) is 0 Å². The predicted molar refractivity (Wildman–Crippen MR) is 101 cm³/mol. The topological polar surface area (TPSA) is 99.8 Å². The number of aryl methyl sites for hydroxylation is 1. The van der Waals surface area contributed by atoms with E-state index in [1.807, 2.05) is 25.1 Å². The minimum Gasteiger partial charge on any atom is -0.454 e. The van der Waals surface area contributed by atoms with Gasteiger partial charge in [-0.05, 0) is 31.2 Å². The van der Waals surface area contributed by atoms with Crippen LogP contribution < -0.4 is 20.5 Å². The highest BCUT2D eigenvalue weighted by Gasteiger charge is 2.16. The van der Waals surface area contributed by atoms with Crippen molar-refractivity contribution in [1.82, 2.24) is 19.2 Å². The molecule has 0 fully saturated rings. The van der Waals surface area contributed by atoms with Crippen LogP contribution in [0.25, 0.3) is 16.6 Å². The van der Waals surface area contributed by atoms with E-state index in [2.05, 4.69) is 15.4 Å². The average molecular weight is 377 g/mol. The van der Waals surface area contributed by atoms with Gasteiger partial charge in [0, 0.05) is 17.1 Å². The lowest BCUT2D eigenvalue weighted by Crippen LogP contribution is -2.28. The Labute approximate surface area is 158 Å². The maximum Gasteiger partial charge on any atom is 0.352 e. The number of anilines is 1. The van der Waals surface area contributed by atoms with Crippen LogP contribution in [0.3, 0.4) is 0 Å². The quantitative estimate of drug-likeness (QED) is 0.584. The van der Waals surface area contributed by atoms with Crippen molar-refractivity contribution in [3.63, 3.8) is 0 Å². The van der Waals surface area contributed by atoms with E-state index in [0.29, 0.717) is 22.8 Å². The summed E-state index contributed by atoms with van der Waals surface area (Å²) in [6.45, 7) is 1.89. The monoisotopic (exact) mass is 377 g/mol. The third-order valence-corrected chi connectivity index (χ3v) is 4.53. The van der Waals surface area contributed by atoms with Crippen LogP contribution >= 0.6 is 0 Å². The number of aromatic nitrogens is 4. The summed E-state index contributed by atoms with van der Waals surface area (Å²) in [6.07, 6.45) is 1.43. The molecule has 4 aromatic rings. The maximum atomic E-state index is 12.6. The number of nitrogens with one attached hydrogen (secondary N) is 1. The molecule has 2 aromatic heterocycles. The molecule has 1 aliphatic rings. The Bertz CT molecular complexity index is 1310. The fraction of sp³-hybridized carbons (Fsp3) is 0.158. The number of nitrogens with zero attached hydrogens (tertiary/aromatic N) is 4. The highest BCUT2D eigenvalue weighted by atomic mass is 16.7. The van der Waals surface area contributed by atoms with Crippen molar-refractivity contribution < 1.29 is 14.3 Å². The maximum absolute atomic E-state index is 12.6. The molecular formula is C19H15N5O4. The Kier molecular flexibility index (Phi) is 3.54. The predicted octanol–water partition coefficient (Wildman–Crippen LogP) is 1.72. The van der Waals surface area contributed by atoms with Gasteiger partial charge in [0.05, 0.1) is 5.52 Å². The molecule has 9 heteroatoms. The first kappa shape index (κ1) is 16.3. The van der Waals surface area contributed by atoms with Crippen LogP contribution in [0.1, 0.15) is 5.56 Å². The molecule has 0 radical (unpaired) electrons. The summed E-state index contributed by atoms with van der Waals surface area (Å²) in [7, 11) is 0. The van der Waals surface area contributed by atoms with Gasteiger partial charge in [-0.2, -0.15) is 0 Å². The van der Waals surface area contributed by atoms with E-state index in [1.165, 1.54) is 10.7 Å². The van der Waals surface area contributed by atoms with E-state index in [0.717, 1.165) is 21.1 Å². The van der Waals surface area contributed by atoms with Gasteiger partial charge in [-0.15, -0.1) is 5.10 Å². The normalized spacial score (nSPS) is 12.6. The summed E-state index contributed by atoms with van der Waals surface area (Å²) in [6, 6.07) is 10.8. The van der Waals surface area contributed by atoms with Crippen molar-refractivity contribution in [2.24, 2.45) is 0 Å². The Hall–Kier alpha value is -3.88. The third kappa shape index (κ3) is 2.64. The fourth-order valence-corrected chi connectivity index (χ4v) is 3.18. The van der Waals surface area contributed by atoms with Crippen molar-refractivity contribution in [2.75, 3.05) is 12.1 Å². The Morgan fingerprint density at radius 3 is 2.93 bits per heavy atom.